The molecule has 2 amide bonds. The molecule has 1 aromatic rings. The number of aryl methyl sites for hydroxylation is 1. The molecule has 0 fully saturated rings. The number of carbonyl (C=O) groups is 2. The second-order valence-corrected chi connectivity index (χ2v) is 7.40. The van der Waals surface area contributed by atoms with Crippen LogP contribution in [0.4, 0.5) is 26.3 Å². The van der Waals surface area contributed by atoms with Gasteiger partial charge in [0.2, 0.25) is 0 Å². The summed E-state index contributed by atoms with van der Waals surface area (Å²) >= 11 is 0. The fourth-order valence-corrected chi connectivity index (χ4v) is 3.67. The van der Waals surface area contributed by atoms with Gasteiger partial charge in [-0.3, -0.25) is 14.8 Å². The number of amides is 2. The summed E-state index contributed by atoms with van der Waals surface area (Å²) in [5, 5.41) is 8.74. The predicted molar refractivity (Wildman–Crippen MR) is 95.8 cm³/mol. The zero-order valence-electron chi connectivity index (χ0n) is 16.0. The van der Waals surface area contributed by atoms with Crippen molar-refractivity contribution in [2.75, 3.05) is 6.54 Å². The van der Waals surface area contributed by atoms with E-state index in [2.05, 4.69) is 0 Å². The number of rotatable bonds is 2. The first-order valence-electron chi connectivity index (χ1n) is 9.32. The maximum atomic E-state index is 13.2. The van der Waals surface area contributed by atoms with E-state index >= 15 is 0 Å². The van der Waals surface area contributed by atoms with Crippen molar-refractivity contribution in [2.45, 2.75) is 38.2 Å². The molecular weight excluding hydrogens is 430 g/mol. The van der Waals surface area contributed by atoms with Crippen molar-refractivity contribution in [3.05, 3.63) is 58.2 Å². The van der Waals surface area contributed by atoms with E-state index in [1.807, 2.05) is 0 Å². The van der Waals surface area contributed by atoms with Crippen molar-refractivity contribution >= 4 is 11.8 Å². The average molecular weight is 448 g/mol. The van der Waals surface area contributed by atoms with Crippen LogP contribution in [0.1, 0.15) is 34.3 Å². The largest absolute Gasteiger partial charge is 0.412 e. The van der Waals surface area contributed by atoms with Gasteiger partial charge in [0.05, 0.1) is 5.92 Å². The third kappa shape index (κ3) is 5.09. The molecule has 0 saturated heterocycles. The van der Waals surface area contributed by atoms with E-state index in [0.717, 1.165) is 0 Å². The number of hydrogen-bond donors (Lipinski definition) is 2. The monoisotopic (exact) mass is 448 g/mol. The molecule has 0 bridgehead atoms. The molecule has 1 aromatic carbocycles. The third-order valence-electron chi connectivity index (χ3n) is 5.27. The summed E-state index contributed by atoms with van der Waals surface area (Å²) < 4.78 is 78.9. The van der Waals surface area contributed by atoms with Crippen LogP contribution in [0.5, 0.6) is 0 Å². The van der Waals surface area contributed by atoms with Gasteiger partial charge in [-0.15, -0.1) is 0 Å². The number of alkyl halides is 6. The minimum Gasteiger partial charge on any atom is -0.334 e. The van der Waals surface area contributed by atoms with Gasteiger partial charge in [-0.25, -0.2) is 5.48 Å². The maximum Gasteiger partial charge on any atom is 0.412 e. The Kier molecular flexibility index (Phi) is 6.17. The Balaban J connectivity index is 1.89. The van der Waals surface area contributed by atoms with Crippen LogP contribution in [0.3, 0.4) is 0 Å². The van der Waals surface area contributed by atoms with Crippen LogP contribution in [0.25, 0.3) is 0 Å². The highest BCUT2D eigenvalue weighted by Gasteiger charge is 2.46. The molecule has 168 valence electrons. The highest BCUT2D eigenvalue weighted by atomic mass is 19.4. The molecule has 1 aliphatic carbocycles. The number of hydrogen-bond acceptors (Lipinski definition) is 3. The molecule has 5 nitrogen and oxygen atoms in total. The molecule has 31 heavy (non-hydrogen) atoms. The Bertz CT molecular complexity index is 949. The Morgan fingerprint density at radius 3 is 2.42 bits per heavy atom. The standard InChI is InChI=1S/C20H18F6N2O3/c21-19(22,23)15-7-14(8-16(9-15)20(24,25)26)18(30)28-5-1-2-11-6-12(17(29)27-31)3-4-13(11)10-28/h3-4,6-8,15,31H,1-2,5,9-10H2,(H,27,29). The van der Waals surface area contributed by atoms with Crippen LogP contribution in [0.2, 0.25) is 0 Å². The van der Waals surface area contributed by atoms with Crippen molar-refractivity contribution in [1.82, 2.24) is 10.4 Å². The fraction of sp³-hybridized carbons (Fsp3) is 0.400. The van der Waals surface area contributed by atoms with Crippen molar-refractivity contribution in [2.24, 2.45) is 5.92 Å². The average Bonchev–Trinajstić information content (AvgIpc) is 2.92. The number of nitrogens with one attached hydrogen (secondary N) is 1. The second kappa shape index (κ2) is 8.37. The molecule has 1 unspecified atom stereocenters. The van der Waals surface area contributed by atoms with Crippen LogP contribution < -0.4 is 5.48 Å². The van der Waals surface area contributed by atoms with E-state index in [0.29, 0.717) is 36.1 Å². The summed E-state index contributed by atoms with van der Waals surface area (Å²) in [5.41, 5.74) is 0.973. The van der Waals surface area contributed by atoms with Crippen LogP contribution in [0, 0.1) is 5.92 Å². The van der Waals surface area contributed by atoms with Gasteiger partial charge in [-0.05, 0) is 48.6 Å². The van der Waals surface area contributed by atoms with Crippen molar-refractivity contribution in [3.8, 4) is 0 Å². The van der Waals surface area contributed by atoms with Crippen LogP contribution in [-0.2, 0) is 17.8 Å². The zero-order valence-corrected chi connectivity index (χ0v) is 16.0. The summed E-state index contributed by atoms with van der Waals surface area (Å²) in [6.45, 7) is 0.0939. The molecule has 1 aliphatic heterocycles. The third-order valence-corrected chi connectivity index (χ3v) is 5.27. The smallest absolute Gasteiger partial charge is 0.334 e. The van der Waals surface area contributed by atoms with Gasteiger partial charge in [0.1, 0.15) is 0 Å². The maximum absolute atomic E-state index is 13.2. The second-order valence-electron chi connectivity index (χ2n) is 7.40. The molecule has 3 rings (SSSR count). The quantitative estimate of drug-likeness (QED) is 0.407. The lowest BCUT2D eigenvalue weighted by Gasteiger charge is -2.27. The Morgan fingerprint density at radius 1 is 1.10 bits per heavy atom. The van der Waals surface area contributed by atoms with Crippen LogP contribution in [0.15, 0.2) is 41.5 Å². The first kappa shape index (κ1) is 22.9. The predicted octanol–water partition coefficient (Wildman–Crippen LogP) is 4.08. The molecule has 1 heterocycles. The SMILES string of the molecule is O=C(NO)c1ccc2c(c1)CCCN(C(=O)C1=CC(C(F)(F)F)CC(C(F)(F)F)=C1)C2. The zero-order chi connectivity index (χ0) is 23.0. The molecular formula is C20H18F6N2O3. The van der Waals surface area contributed by atoms with Crippen molar-refractivity contribution in [1.29, 1.82) is 0 Å². The molecule has 0 aromatic heterocycles. The van der Waals surface area contributed by atoms with Crippen molar-refractivity contribution in [3.63, 3.8) is 0 Å². The lowest BCUT2D eigenvalue weighted by molar-refractivity contribution is -0.166. The van der Waals surface area contributed by atoms with E-state index in [1.54, 1.807) is 0 Å². The Hall–Kier alpha value is -2.82. The minimum absolute atomic E-state index is 0.0294. The highest BCUT2D eigenvalue weighted by molar-refractivity contribution is 5.97. The Labute approximate surface area is 173 Å². The van der Waals surface area contributed by atoms with Gasteiger partial charge < -0.3 is 4.90 Å². The van der Waals surface area contributed by atoms with E-state index in [-0.39, 0.29) is 18.7 Å². The fourth-order valence-electron chi connectivity index (χ4n) is 3.67. The number of nitrogens with zero attached hydrogens (tertiary/aromatic N) is 1. The van der Waals surface area contributed by atoms with Gasteiger partial charge >= 0.3 is 12.4 Å². The molecule has 2 aliphatic rings. The molecule has 0 spiro atoms. The van der Waals surface area contributed by atoms with Gasteiger partial charge in [-0.1, -0.05) is 12.1 Å². The lowest BCUT2D eigenvalue weighted by Crippen LogP contribution is -2.34. The van der Waals surface area contributed by atoms with Gasteiger partial charge in [0.25, 0.3) is 11.8 Å². The topological polar surface area (TPSA) is 69.6 Å². The van der Waals surface area contributed by atoms with Gasteiger partial charge in [0.15, 0.2) is 0 Å². The molecule has 0 saturated carbocycles. The molecule has 2 N–H and O–H groups in total. The normalized spacial score (nSPS) is 19.7. The van der Waals surface area contributed by atoms with Gasteiger partial charge in [0, 0.05) is 29.8 Å². The van der Waals surface area contributed by atoms with E-state index in [1.165, 1.54) is 28.6 Å². The van der Waals surface area contributed by atoms with Crippen LogP contribution >= 0.6 is 0 Å². The molecule has 0 radical (unpaired) electrons. The molecule has 1 atom stereocenters. The first-order valence-corrected chi connectivity index (χ1v) is 9.32. The first-order chi connectivity index (χ1) is 14.4. The number of carbonyl (C=O) groups excluding carboxylic acids is 2. The minimum atomic E-state index is -4.97. The number of benzene rings is 1. The summed E-state index contributed by atoms with van der Waals surface area (Å²) in [6.07, 6.45) is -9.26. The number of hydroxylamine groups is 1. The number of fused-ring (bicyclic) bond motifs is 1. The van der Waals surface area contributed by atoms with E-state index < -0.39 is 47.7 Å². The summed E-state index contributed by atoms with van der Waals surface area (Å²) in [5.74, 6) is -4.04. The van der Waals surface area contributed by atoms with E-state index in [9.17, 15) is 35.9 Å². The number of allylic oxidation sites excluding steroid dienone is 2. The number of halogens is 6. The summed E-state index contributed by atoms with van der Waals surface area (Å²) in [4.78, 5) is 25.6. The highest BCUT2D eigenvalue weighted by Crippen LogP contribution is 2.42. The lowest BCUT2D eigenvalue weighted by atomic mass is 9.89. The van der Waals surface area contributed by atoms with Gasteiger partial charge in [-0.2, -0.15) is 26.3 Å². The van der Waals surface area contributed by atoms with E-state index in [4.69, 9.17) is 5.21 Å². The van der Waals surface area contributed by atoms with Crippen LogP contribution in [-0.4, -0.2) is 40.8 Å². The Morgan fingerprint density at radius 2 is 1.81 bits per heavy atom. The summed E-state index contributed by atoms with van der Waals surface area (Å²) in [6, 6.07) is 4.46. The molecule has 11 heteroatoms. The summed E-state index contributed by atoms with van der Waals surface area (Å²) in [7, 11) is 0. The van der Waals surface area contributed by atoms with Crippen molar-refractivity contribution < 1.29 is 41.1 Å².